The van der Waals surface area contributed by atoms with Crippen LogP contribution in [0.1, 0.15) is 261 Å². The van der Waals surface area contributed by atoms with Gasteiger partial charge < -0.3 is 5.48 Å². The van der Waals surface area contributed by atoms with Crippen LogP contribution in [0.25, 0.3) is 0 Å². The molecular formula is C46H96O. The smallest absolute Gasteiger partial charge is 0 e. The van der Waals surface area contributed by atoms with Crippen LogP contribution < -0.4 is 0 Å². The first kappa shape index (κ1) is 53.0. The van der Waals surface area contributed by atoms with E-state index in [0.717, 1.165) is 0 Å². The Kier molecular flexibility index (Phi) is 61.6. The minimum Gasteiger partial charge on any atom is -0.412 e. The normalized spacial score (nSPS) is 10.9. The number of unbranched alkanes of at least 4 members (excludes halogenated alkanes) is 28. The Balaban J connectivity index is -0.000000233. The molecule has 2 N–H and O–H groups in total. The highest BCUT2D eigenvalue weighted by Gasteiger charge is 1.94. The minimum absolute atomic E-state index is 0. The van der Waals surface area contributed by atoms with Gasteiger partial charge in [-0.15, -0.1) is 6.58 Å². The molecule has 1 heteroatoms. The van der Waals surface area contributed by atoms with E-state index >= 15 is 0 Å². The molecule has 0 aromatic heterocycles. The van der Waals surface area contributed by atoms with E-state index in [1.54, 1.807) is 0 Å². The van der Waals surface area contributed by atoms with Crippen LogP contribution in [0.4, 0.5) is 0 Å². The number of hydrogen-bond donors (Lipinski definition) is 0. The highest BCUT2D eigenvalue weighted by Crippen LogP contribution is 2.14. The monoisotopic (exact) mass is 665 g/mol. The van der Waals surface area contributed by atoms with Crippen molar-refractivity contribution in [1.29, 1.82) is 0 Å². The second-order valence-corrected chi connectivity index (χ2v) is 14.4. The Hall–Kier alpha value is -0.820. The van der Waals surface area contributed by atoms with Crippen LogP contribution >= 0.6 is 0 Å². The Morgan fingerprint density at radius 1 is 0.362 bits per heavy atom. The van der Waals surface area contributed by atoms with E-state index < -0.39 is 0 Å². The Morgan fingerprint density at radius 2 is 0.553 bits per heavy atom. The maximum Gasteiger partial charge on any atom is 0 e. The van der Waals surface area contributed by atoms with Crippen LogP contribution in [0.15, 0.2) is 36.5 Å². The van der Waals surface area contributed by atoms with Crippen molar-refractivity contribution < 1.29 is 6.90 Å². The Morgan fingerprint density at radius 3 is 0.766 bits per heavy atom. The lowest BCUT2D eigenvalue weighted by Crippen LogP contribution is -1.82. The highest BCUT2D eigenvalue weighted by atomic mass is 16.0. The van der Waals surface area contributed by atoms with Gasteiger partial charge in [0.2, 0.25) is 0 Å². The van der Waals surface area contributed by atoms with Gasteiger partial charge in [-0.2, -0.15) is 0 Å². The van der Waals surface area contributed by atoms with Crippen molar-refractivity contribution in [2.24, 2.45) is 0 Å². The second-order valence-electron chi connectivity index (χ2n) is 14.4. The molecule has 0 aromatic rings. The molecule has 0 aliphatic heterocycles. The molecule has 0 radical (unpaired) electrons. The average molecular weight is 665 g/mol. The maximum atomic E-state index is 3.97. The fourth-order valence-electron chi connectivity index (χ4n) is 5.70. The van der Waals surface area contributed by atoms with Crippen molar-refractivity contribution in [3.05, 3.63) is 36.5 Å². The summed E-state index contributed by atoms with van der Waals surface area (Å²) in [6.45, 7) is 17.2. The number of allylic oxidation sites excluding steroid dienone is 5. The Labute approximate surface area is 302 Å². The number of hydrogen-bond acceptors (Lipinski definition) is 0. The first-order valence-electron chi connectivity index (χ1n) is 21.5. The third-order valence-electron chi connectivity index (χ3n) is 8.73. The summed E-state index contributed by atoms with van der Waals surface area (Å²) >= 11 is 0. The molecule has 0 heterocycles. The summed E-state index contributed by atoms with van der Waals surface area (Å²) in [6.07, 6.45) is 57.1. The van der Waals surface area contributed by atoms with Gasteiger partial charge in [0.15, 0.2) is 0 Å². The van der Waals surface area contributed by atoms with Gasteiger partial charge in [0.25, 0.3) is 0 Å². The molecule has 0 fully saturated rings. The zero-order valence-corrected chi connectivity index (χ0v) is 34.1. The maximum absolute atomic E-state index is 3.97. The zero-order valence-electron chi connectivity index (χ0n) is 34.1. The molecule has 0 unspecified atom stereocenters. The molecule has 47 heavy (non-hydrogen) atoms. The lowest BCUT2D eigenvalue weighted by molar-refractivity contribution is 0.559. The molecular weight excluding hydrogens is 569 g/mol. The molecule has 0 saturated carbocycles. The van der Waals surface area contributed by atoms with Gasteiger partial charge in [0.05, 0.1) is 0 Å². The lowest BCUT2D eigenvalue weighted by Gasteiger charge is -2.02. The van der Waals surface area contributed by atoms with Crippen molar-refractivity contribution in [1.82, 2.24) is 0 Å². The predicted octanol–water partition coefficient (Wildman–Crippen LogP) is 17.4. The summed E-state index contributed by atoms with van der Waals surface area (Å²) < 4.78 is 0. The largest absolute Gasteiger partial charge is 0.412 e. The molecule has 0 bridgehead atoms. The summed E-state index contributed by atoms with van der Waals surface area (Å²) in [6, 6.07) is 0. The van der Waals surface area contributed by atoms with Crippen LogP contribution in [0.2, 0.25) is 0 Å². The van der Waals surface area contributed by atoms with E-state index in [4.69, 9.17) is 0 Å². The summed E-state index contributed by atoms with van der Waals surface area (Å²) in [7, 11) is 0. The first-order valence-corrected chi connectivity index (χ1v) is 21.5. The van der Waals surface area contributed by atoms with Crippen LogP contribution in [-0.2, 0) is 0 Å². The van der Waals surface area contributed by atoms with Crippen molar-refractivity contribution in [2.75, 3.05) is 0 Å². The third kappa shape index (κ3) is 64.4. The van der Waals surface area contributed by atoms with E-state index in [1.165, 1.54) is 224 Å². The topological polar surface area (TPSA) is 31.5 Å². The van der Waals surface area contributed by atoms with Gasteiger partial charge in [-0.3, -0.25) is 0 Å². The van der Waals surface area contributed by atoms with Crippen molar-refractivity contribution in [2.45, 2.75) is 260 Å². The van der Waals surface area contributed by atoms with Crippen LogP contribution in [0, 0.1) is 0 Å². The predicted molar refractivity (Wildman–Crippen MR) is 224 cm³/mol. The minimum atomic E-state index is 0. The third-order valence-corrected chi connectivity index (χ3v) is 8.73. The fraction of sp³-hybridized carbons (Fsp3) is 0.870. The molecule has 0 spiro atoms. The molecule has 0 rings (SSSR count). The van der Waals surface area contributed by atoms with Crippen LogP contribution in [0.3, 0.4) is 0 Å². The molecule has 0 aliphatic rings. The fourth-order valence-corrected chi connectivity index (χ4v) is 5.70. The number of rotatable bonds is 34. The van der Waals surface area contributed by atoms with E-state index in [2.05, 4.69) is 72.4 Å². The van der Waals surface area contributed by atoms with Gasteiger partial charge >= 0.3 is 0 Å². The molecule has 0 atom stereocenters. The molecule has 0 aromatic carbocycles. The quantitative estimate of drug-likeness (QED) is 0.0484. The summed E-state index contributed by atoms with van der Waals surface area (Å²) in [4.78, 5) is 0. The summed E-state index contributed by atoms with van der Waals surface area (Å²) in [5.41, 5.74) is 1.34. The molecule has 0 saturated heterocycles. The molecule has 1 nitrogen and oxygen atoms in total. The molecule has 286 valence electrons. The van der Waals surface area contributed by atoms with Crippen molar-refractivity contribution in [3.8, 4) is 0 Å². The summed E-state index contributed by atoms with van der Waals surface area (Å²) in [5.74, 6) is 0. The zero-order chi connectivity index (χ0) is 34.4. The van der Waals surface area contributed by atoms with Gasteiger partial charge in [-0.1, -0.05) is 219 Å². The van der Waals surface area contributed by atoms with Crippen molar-refractivity contribution in [3.63, 3.8) is 0 Å². The van der Waals surface area contributed by atoms with Crippen molar-refractivity contribution >= 4 is 0 Å². The van der Waals surface area contributed by atoms with E-state index in [9.17, 15) is 0 Å². The standard InChI is InChI=1S/C24H46.C19H38.C3H8.H2O.H2/c1-4-5-6-7-8-9-10-11-12-13-14-15-16-17-18-19-20-21-22-23-24(2)3;1-3-5-7-9-11-13-15-17-19-18-16-14-12-10-8-6-4-2;1-3-2;;/h11-12H,2,4-10,13-23H2,1,3H3;17,19H,3-16,18H2,1-2H3;3H2,1-2H3;1H2;1H/b12-11-;19-17-;;;. The second kappa shape index (κ2) is 54.6. The molecule has 0 aliphatic carbocycles. The van der Waals surface area contributed by atoms with Gasteiger partial charge in [-0.25, -0.2) is 0 Å². The van der Waals surface area contributed by atoms with Gasteiger partial charge in [0.1, 0.15) is 0 Å². The Bertz CT molecular complexity index is 566. The lowest BCUT2D eigenvalue weighted by atomic mass is 10.0. The SMILES string of the molecule is C=C(C)CCCCCCCCCCC/C=C\CCCCCCCC.CCC.CCCCCCCC/C=C\CCCCCCCCC.O.[HH]. The highest BCUT2D eigenvalue weighted by molar-refractivity contribution is 4.87. The van der Waals surface area contributed by atoms with Crippen LogP contribution in [0.5, 0.6) is 0 Å². The van der Waals surface area contributed by atoms with Gasteiger partial charge in [-0.05, 0) is 71.1 Å². The summed E-state index contributed by atoms with van der Waals surface area (Å²) in [5, 5.41) is 0. The average Bonchev–Trinajstić information content (AvgIpc) is 3.04. The van der Waals surface area contributed by atoms with E-state index in [1.807, 2.05) is 0 Å². The van der Waals surface area contributed by atoms with Crippen LogP contribution in [-0.4, -0.2) is 5.48 Å². The van der Waals surface area contributed by atoms with E-state index in [0.29, 0.717) is 0 Å². The van der Waals surface area contributed by atoms with E-state index in [-0.39, 0.29) is 6.90 Å². The van der Waals surface area contributed by atoms with Gasteiger partial charge in [0, 0.05) is 1.43 Å². The first-order chi connectivity index (χ1) is 22.6. The molecule has 0 amide bonds.